The molecule has 1 aliphatic rings. The van der Waals surface area contributed by atoms with Crippen LogP contribution in [0.1, 0.15) is 24.4 Å². The van der Waals surface area contributed by atoms with Crippen molar-refractivity contribution in [2.45, 2.75) is 13.0 Å². The van der Waals surface area contributed by atoms with Gasteiger partial charge >= 0.3 is 6.03 Å². The highest BCUT2D eigenvalue weighted by molar-refractivity contribution is 6.31. The molecule has 0 saturated heterocycles. The monoisotopic (exact) mass is 490 g/mol. The van der Waals surface area contributed by atoms with Gasteiger partial charge < -0.3 is 14.6 Å². The van der Waals surface area contributed by atoms with Crippen molar-refractivity contribution < 1.29 is 18.4 Å². The van der Waals surface area contributed by atoms with Crippen molar-refractivity contribution in [2.24, 2.45) is 0 Å². The molecule has 9 heteroatoms. The van der Waals surface area contributed by atoms with Crippen molar-refractivity contribution in [3.05, 3.63) is 101 Å². The highest BCUT2D eigenvalue weighted by Gasteiger charge is 2.36. The molecule has 1 atom stereocenters. The lowest BCUT2D eigenvalue weighted by molar-refractivity contribution is 0.244. The van der Waals surface area contributed by atoms with Crippen LogP contribution in [0.25, 0.3) is 17.0 Å². The van der Waals surface area contributed by atoms with Crippen molar-refractivity contribution in [1.29, 1.82) is 0 Å². The summed E-state index contributed by atoms with van der Waals surface area (Å²) in [4.78, 5) is 19.3. The first-order valence-corrected chi connectivity index (χ1v) is 11.1. The van der Waals surface area contributed by atoms with Gasteiger partial charge in [0.15, 0.2) is 0 Å². The molecule has 2 amide bonds. The summed E-state index contributed by atoms with van der Waals surface area (Å²) in [6.45, 7) is 1.79. The Balaban J connectivity index is 1.63. The molecule has 0 fully saturated rings. The summed E-state index contributed by atoms with van der Waals surface area (Å²) in [5, 5.41) is 7.62. The van der Waals surface area contributed by atoms with Gasteiger partial charge in [-0.15, -0.1) is 0 Å². The van der Waals surface area contributed by atoms with Gasteiger partial charge in [0.2, 0.25) is 5.82 Å². The molecule has 0 aliphatic carbocycles. The number of carbonyl (C=O) groups is 1. The molecule has 1 N–H and O–H groups in total. The molecule has 2 heterocycles. The molecule has 7 nitrogen and oxygen atoms in total. The Morgan fingerprint density at radius 1 is 1.09 bits per heavy atom. The third-order valence-corrected chi connectivity index (χ3v) is 5.99. The highest BCUT2D eigenvalue weighted by Crippen LogP contribution is 2.39. The number of aromatic nitrogens is 2. The van der Waals surface area contributed by atoms with E-state index in [4.69, 9.17) is 20.9 Å². The topological polar surface area (TPSA) is 80.5 Å². The van der Waals surface area contributed by atoms with Gasteiger partial charge in [-0.25, -0.2) is 9.18 Å². The summed E-state index contributed by atoms with van der Waals surface area (Å²) in [6, 6.07) is 19.1. The maximum atomic E-state index is 13.6. The van der Waals surface area contributed by atoms with Crippen LogP contribution in [0, 0.1) is 5.82 Å². The Morgan fingerprint density at radius 2 is 1.83 bits per heavy atom. The molecule has 1 unspecified atom stereocenters. The highest BCUT2D eigenvalue weighted by atomic mass is 35.5. The number of allylic oxidation sites excluding steroid dienone is 1. The van der Waals surface area contributed by atoms with Crippen LogP contribution in [0.2, 0.25) is 5.02 Å². The summed E-state index contributed by atoms with van der Waals surface area (Å²) in [6.07, 6.45) is 0. The molecule has 1 aromatic heterocycles. The van der Waals surface area contributed by atoms with Gasteiger partial charge in [0.25, 0.3) is 5.89 Å². The van der Waals surface area contributed by atoms with Crippen LogP contribution in [0.5, 0.6) is 5.75 Å². The smallest absolute Gasteiger partial charge is 0.326 e. The third-order valence-electron chi connectivity index (χ3n) is 5.76. The molecular weight excluding hydrogens is 471 g/mol. The number of benzene rings is 3. The maximum absolute atomic E-state index is 13.6. The van der Waals surface area contributed by atoms with Crippen LogP contribution < -0.4 is 15.0 Å². The molecule has 0 spiro atoms. The Hall–Kier alpha value is -4.17. The van der Waals surface area contributed by atoms with E-state index >= 15 is 0 Å². The first-order chi connectivity index (χ1) is 16.9. The fourth-order valence-corrected chi connectivity index (χ4v) is 4.23. The molecule has 0 saturated carbocycles. The van der Waals surface area contributed by atoms with Crippen molar-refractivity contribution >= 4 is 28.9 Å². The second-order valence-corrected chi connectivity index (χ2v) is 8.34. The van der Waals surface area contributed by atoms with Crippen molar-refractivity contribution in [1.82, 2.24) is 15.5 Å². The Labute approximate surface area is 205 Å². The summed E-state index contributed by atoms with van der Waals surface area (Å²) >= 11 is 6.19. The van der Waals surface area contributed by atoms with Crippen LogP contribution >= 0.6 is 11.6 Å². The van der Waals surface area contributed by atoms with Gasteiger partial charge in [0.05, 0.1) is 24.4 Å². The number of nitrogens with one attached hydrogen (secondary N) is 1. The van der Waals surface area contributed by atoms with E-state index in [-0.39, 0.29) is 17.7 Å². The molecular formula is C26H20ClFN4O3. The standard InChI is InChI=1S/C26H20ClFN4O3/c1-15-22(25-30-24(31-35-25)17-8-12-21(34-2)13-9-17)23(16-6-10-19(28)11-7-16)29-26(33)32(15)20-5-3-4-18(27)14-20/h3-14,23H,1-2H3,(H,29,33). The van der Waals surface area contributed by atoms with E-state index in [0.717, 1.165) is 5.56 Å². The lowest BCUT2D eigenvalue weighted by atomic mass is 9.94. The molecule has 0 bridgehead atoms. The quantitative estimate of drug-likeness (QED) is 0.358. The van der Waals surface area contributed by atoms with E-state index in [2.05, 4.69) is 15.5 Å². The van der Waals surface area contributed by atoms with Gasteiger partial charge in [-0.1, -0.05) is 35.0 Å². The van der Waals surface area contributed by atoms with Gasteiger partial charge in [-0.3, -0.25) is 4.90 Å². The lowest BCUT2D eigenvalue weighted by Gasteiger charge is -2.35. The lowest BCUT2D eigenvalue weighted by Crippen LogP contribution is -2.46. The maximum Gasteiger partial charge on any atom is 0.326 e. The van der Waals surface area contributed by atoms with Crippen LogP contribution in [-0.4, -0.2) is 23.3 Å². The number of hydrogen-bond donors (Lipinski definition) is 1. The normalized spacial score (nSPS) is 15.8. The fourth-order valence-electron chi connectivity index (χ4n) is 4.04. The zero-order valence-electron chi connectivity index (χ0n) is 18.8. The number of amides is 2. The first-order valence-electron chi connectivity index (χ1n) is 10.8. The second-order valence-electron chi connectivity index (χ2n) is 7.90. The minimum Gasteiger partial charge on any atom is -0.497 e. The number of hydrogen-bond acceptors (Lipinski definition) is 5. The molecule has 35 heavy (non-hydrogen) atoms. The Bertz CT molecular complexity index is 1420. The minimum atomic E-state index is -0.636. The van der Waals surface area contributed by atoms with Crippen LogP contribution in [-0.2, 0) is 0 Å². The molecule has 0 radical (unpaired) electrons. The summed E-state index contributed by atoms with van der Waals surface area (Å²) in [5.41, 5.74) is 3.16. The minimum absolute atomic E-state index is 0.231. The zero-order valence-corrected chi connectivity index (χ0v) is 19.6. The van der Waals surface area contributed by atoms with Gasteiger partial charge in [-0.05, 0) is 67.1 Å². The number of halogens is 2. The average Bonchev–Trinajstić information content (AvgIpc) is 3.34. The molecule has 176 valence electrons. The van der Waals surface area contributed by atoms with Gasteiger partial charge in [0.1, 0.15) is 11.6 Å². The number of urea groups is 1. The number of carbonyl (C=O) groups excluding carboxylic acids is 1. The molecule has 1 aliphatic heterocycles. The van der Waals surface area contributed by atoms with Gasteiger partial charge in [-0.2, -0.15) is 4.98 Å². The van der Waals surface area contributed by atoms with E-state index in [1.165, 1.54) is 17.0 Å². The number of rotatable bonds is 5. The molecule has 5 rings (SSSR count). The van der Waals surface area contributed by atoms with E-state index in [9.17, 15) is 9.18 Å². The number of methoxy groups -OCH3 is 1. The van der Waals surface area contributed by atoms with Crippen LogP contribution in [0.3, 0.4) is 0 Å². The van der Waals surface area contributed by atoms with Crippen molar-refractivity contribution in [2.75, 3.05) is 12.0 Å². The fraction of sp³-hybridized carbons (Fsp3) is 0.115. The van der Waals surface area contributed by atoms with E-state index in [1.807, 2.05) is 12.1 Å². The Morgan fingerprint density at radius 3 is 2.51 bits per heavy atom. The summed E-state index contributed by atoms with van der Waals surface area (Å²) in [7, 11) is 1.59. The second kappa shape index (κ2) is 9.23. The largest absolute Gasteiger partial charge is 0.497 e. The number of nitrogens with zero attached hydrogens (tertiary/aromatic N) is 3. The van der Waals surface area contributed by atoms with Crippen molar-refractivity contribution in [3.8, 4) is 17.1 Å². The predicted molar refractivity (Wildman–Crippen MR) is 130 cm³/mol. The third kappa shape index (κ3) is 4.36. The molecule has 4 aromatic rings. The van der Waals surface area contributed by atoms with E-state index in [0.29, 0.717) is 39.1 Å². The molecule has 3 aromatic carbocycles. The predicted octanol–water partition coefficient (Wildman–Crippen LogP) is 6.24. The van der Waals surface area contributed by atoms with Crippen LogP contribution in [0.4, 0.5) is 14.9 Å². The van der Waals surface area contributed by atoms with Gasteiger partial charge in [0, 0.05) is 16.3 Å². The number of ether oxygens (including phenoxy) is 1. The average molecular weight is 491 g/mol. The van der Waals surface area contributed by atoms with E-state index < -0.39 is 6.04 Å². The zero-order chi connectivity index (χ0) is 24.5. The van der Waals surface area contributed by atoms with Crippen molar-refractivity contribution in [3.63, 3.8) is 0 Å². The number of anilines is 1. The summed E-state index contributed by atoms with van der Waals surface area (Å²) < 4.78 is 24.5. The first kappa shape index (κ1) is 22.6. The SMILES string of the molecule is COc1ccc(-c2noc(C3=C(C)N(c4cccc(Cl)c4)C(=O)NC3c3ccc(F)cc3)n2)cc1. The Kier molecular flexibility index (Phi) is 5.96. The van der Waals surface area contributed by atoms with Crippen LogP contribution in [0.15, 0.2) is 83.0 Å². The summed E-state index contributed by atoms with van der Waals surface area (Å²) in [5.74, 6) is 0.944. The van der Waals surface area contributed by atoms with E-state index in [1.54, 1.807) is 62.6 Å².